The van der Waals surface area contributed by atoms with E-state index in [-0.39, 0.29) is 25.6 Å². The van der Waals surface area contributed by atoms with Gasteiger partial charge in [-0.2, -0.15) is 0 Å². The lowest BCUT2D eigenvalue weighted by molar-refractivity contribution is -0.140. The zero-order chi connectivity index (χ0) is 32.0. The van der Waals surface area contributed by atoms with Crippen molar-refractivity contribution in [3.8, 4) is 0 Å². The normalized spacial score (nSPS) is 13.4. The van der Waals surface area contributed by atoms with E-state index in [0.29, 0.717) is 12.5 Å². The van der Waals surface area contributed by atoms with Gasteiger partial charge in [0.2, 0.25) is 5.91 Å². The Hall–Kier alpha value is -4.12. The van der Waals surface area contributed by atoms with E-state index >= 15 is 0 Å². The third-order valence-electron chi connectivity index (χ3n) is 6.71. The molecule has 2 aromatic carbocycles. The van der Waals surface area contributed by atoms with E-state index in [1.165, 1.54) is 4.90 Å². The second-order valence-corrected chi connectivity index (χ2v) is 11.9. The van der Waals surface area contributed by atoms with Crippen LogP contribution >= 0.6 is 0 Å². The summed E-state index contributed by atoms with van der Waals surface area (Å²) >= 11 is 0. The van der Waals surface area contributed by atoms with E-state index in [0.717, 1.165) is 17.5 Å². The number of alkyl carbamates (subject to hydrolysis) is 1. The maximum Gasteiger partial charge on any atom is 0.408 e. The molecule has 2 rings (SSSR count). The van der Waals surface area contributed by atoms with Crippen LogP contribution in [0.25, 0.3) is 0 Å². The maximum atomic E-state index is 13.4. The van der Waals surface area contributed by atoms with E-state index in [4.69, 9.17) is 4.74 Å². The first kappa shape index (κ1) is 35.1. The number of carboxylic acids is 1. The third kappa shape index (κ3) is 13.2. The maximum absolute atomic E-state index is 13.4. The number of hydrogen-bond acceptors (Lipinski definition) is 6. The van der Waals surface area contributed by atoms with Gasteiger partial charge in [0.05, 0.1) is 25.1 Å². The van der Waals surface area contributed by atoms with Crippen LogP contribution in [0.15, 0.2) is 60.7 Å². The highest BCUT2D eigenvalue weighted by Crippen LogP contribution is 2.17. The summed E-state index contributed by atoms with van der Waals surface area (Å²) in [5, 5.41) is 28.8. The lowest BCUT2D eigenvalue weighted by Crippen LogP contribution is -2.59. The van der Waals surface area contributed by atoms with Crippen molar-refractivity contribution < 1.29 is 34.1 Å². The molecule has 3 atom stereocenters. The van der Waals surface area contributed by atoms with Gasteiger partial charge in [-0.1, -0.05) is 74.5 Å². The van der Waals surface area contributed by atoms with Crippen molar-refractivity contribution >= 4 is 24.0 Å². The van der Waals surface area contributed by atoms with Gasteiger partial charge in [0.25, 0.3) is 0 Å². The van der Waals surface area contributed by atoms with Crippen LogP contribution in [0.4, 0.5) is 9.59 Å². The fourth-order valence-corrected chi connectivity index (χ4v) is 4.26. The smallest absolute Gasteiger partial charge is 0.408 e. The second-order valence-electron chi connectivity index (χ2n) is 11.9. The fraction of sp³-hybridized carbons (Fsp3) is 0.500. The number of carbonyl (C=O) groups excluding carboxylic acids is 3. The van der Waals surface area contributed by atoms with E-state index in [1.54, 1.807) is 24.3 Å². The average Bonchev–Trinajstić information content (AvgIpc) is 2.94. The summed E-state index contributed by atoms with van der Waals surface area (Å²) in [6.07, 6.45) is -1.90. The molecule has 11 heteroatoms. The number of benzene rings is 2. The number of urea groups is 1. The van der Waals surface area contributed by atoms with Gasteiger partial charge in [-0.3, -0.25) is 9.59 Å². The van der Waals surface area contributed by atoms with E-state index in [9.17, 15) is 29.4 Å². The van der Waals surface area contributed by atoms with Crippen molar-refractivity contribution in [2.75, 3.05) is 13.1 Å². The van der Waals surface area contributed by atoms with E-state index < -0.39 is 48.1 Å². The van der Waals surface area contributed by atoms with Crippen LogP contribution in [0.3, 0.4) is 0 Å². The van der Waals surface area contributed by atoms with Crippen molar-refractivity contribution in [3.63, 3.8) is 0 Å². The Kier molecular flexibility index (Phi) is 14.0. The highest BCUT2D eigenvalue weighted by molar-refractivity contribution is 5.89. The molecular formula is C32H46N4O7. The predicted molar refractivity (Wildman–Crippen MR) is 163 cm³/mol. The van der Waals surface area contributed by atoms with Crippen LogP contribution in [0, 0.1) is 5.92 Å². The van der Waals surface area contributed by atoms with Gasteiger partial charge in [0.1, 0.15) is 12.6 Å². The number of carbonyl (C=O) groups is 4. The Bertz CT molecular complexity index is 1170. The Balaban J connectivity index is 2.21. The van der Waals surface area contributed by atoms with Gasteiger partial charge in [-0.25, -0.2) is 9.59 Å². The van der Waals surface area contributed by atoms with Crippen molar-refractivity contribution in [3.05, 3.63) is 71.8 Å². The molecule has 0 saturated heterocycles. The summed E-state index contributed by atoms with van der Waals surface area (Å²) in [7, 11) is 0. The Morgan fingerprint density at radius 1 is 0.907 bits per heavy atom. The summed E-state index contributed by atoms with van der Waals surface area (Å²) in [5.74, 6) is -1.70. The second kappa shape index (κ2) is 17.1. The molecule has 0 bridgehead atoms. The van der Waals surface area contributed by atoms with Gasteiger partial charge >= 0.3 is 18.1 Å². The van der Waals surface area contributed by atoms with E-state index in [1.807, 2.05) is 57.2 Å². The third-order valence-corrected chi connectivity index (χ3v) is 6.71. The molecule has 0 saturated carbocycles. The fourth-order valence-electron chi connectivity index (χ4n) is 4.26. The Morgan fingerprint density at radius 3 is 2.02 bits per heavy atom. The van der Waals surface area contributed by atoms with Crippen molar-refractivity contribution in [2.45, 2.75) is 84.2 Å². The van der Waals surface area contributed by atoms with Crippen LogP contribution in [0.5, 0.6) is 0 Å². The van der Waals surface area contributed by atoms with Crippen LogP contribution in [0.1, 0.15) is 58.6 Å². The van der Waals surface area contributed by atoms with Gasteiger partial charge < -0.3 is 35.8 Å². The Labute approximate surface area is 254 Å². The molecule has 0 aliphatic heterocycles. The number of β-amino-alcohol motifs (C(OH)–C–C–N with tert-alkyl or cyclic N) is 1. The largest absolute Gasteiger partial charge is 0.481 e. The number of aliphatic hydroxyl groups excluding tert-OH is 1. The molecule has 0 spiro atoms. The van der Waals surface area contributed by atoms with Crippen LogP contribution in [-0.2, 0) is 27.4 Å². The molecule has 0 aliphatic carbocycles. The highest BCUT2D eigenvalue weighted by atomic mass is 16.5. The molecular weight excluding hydrogens is 552 g/mol. The first-order valence-corrected chi connectivity index (χ1v) is 14.5. The SMILES string of the molecule is CC(C)CCNC(=O)N(C[C@@H](O)[C@H](Cc1ccccc1)NC(=O)[C@H](CC(=O)O)NC(=O)OCc1ccccc1)C(C)(C)C. The first-order valence-electron chi connectivity index (χ1n) is 14.5. The summed E-state index contributed by atoms with van der Waals surface area (Å²) < 4.78 is 5.18. The molecule has 0 fully saturated rings. The number of aliphatic carboxylic acids is 1. The number of rotatable bonds is 15. The molecule has 0 heterocycles. The number of aliphatic hydroxyl groups is 1. The Morgan fingerprint density at radius 2 is 1.49 bits per heavy atom. The molecule has 0 aromatic heterocycles. The van der Waals surface area contributed by atoms with Gasteiger partial charge in [-0.05, 0) is 50.7 Å². The summed E-state index contributed by atoms with van der Waals surface area (Å²) in [6, 6.07) is 15.3. The lowest BCUT2D eigenvalue weighted by atomic mass is 9.98. The number of ether oxygens (including phenoxy) is 1. The summed E-state index contributed by atoms with van der Waals surface area (Å²) in [4.78, 5) is 52.0. The standard InChI is InChI=1S/C32H46N4O7/c1-22(2)16-17-33-30(41)36(32(3,4)5)20-27(37)25(18-23-12-8-6-9-13-23)34-29(40)26(19-28(38)39)35-31(42)43-21-24-14-10-7-11-15-24/h6-15,22,25-27,37H,16-21H2,1-5H3,(H,33,41)(H,34,40)(H,35,42)(H,38,39)/t25-,26-,27+/m0/s1. The molecule has 43 heavy (non-hydrogen) atoms. The minimum atomic E-state index is -1.47. The summed E-state index contributed by atoms with van der Waals surface area (Å²) in [6.45, 7) is 9.97. The topological polar surface area (TPSA) is 157 Å². The molecule has 236 valence electrons. The number of hydrogen-bond donors (Lipinski definition) is 5. The average molecular weight is 599 g/mol. The predicted octanol–water partition coefficient (Wildman–Crippen LogP) is 3.70. The number of nitrogens with one attached hydrogen (secondary N) is 3. The van der Waals surface area contributed by atoms with Crippen molar-refractivity contribution in [2.24, 2.45) is 5.92 Å². The highest BCUT2D eigenvalue weighted by Gasteiger charge is 2.34. The van der Waals surface area contributed by atoms with Crippen LogP contribution < -0.4 is 16.0 Å². The van der Waals surface area contributed by atoms with Gasteiger partial charge in [-0.15, -0.1) is 0 Å². The lowest BCUT2D eigenvalue weighted by Gasteiger charge is -2.39. The molecule has 0 unspecified atom stereocenters. The zero-order valence-electron chi connectivity index (χ0n) is 25.7. The zero-order valence-corrected chi connectivity index (χ0v) is 25.7. The van der Waals surface area contributed by atoms with Gasteiger partial charge in [0.15, 0.2) is 0 Å². The molecule has 5 N–H and O–H groups in total. The van der Waals surface area contributed by atoms with Crippen LogP contribution in [0.2, 0.25) is 0 Å². The minimum absolute atomic E-state index is 0.0642. The van der Waals surface area contributed by atoms with E-state index in [2.05, 4.69) is 29.8 Å². The van der Waals surface area contributed by atoms with Crippen LogP contribution in [-0.4, -0.2) is 75.9 Å². The van der Waals surface area contributed by atoms with Gasteiger partial charge in [0, 0.05) is 12.1 Å². The molecule has 0 radical (unpaired) electrons. The molecule has 4 amide bonds. The summed E-state index contributed by atoms with van der Waals surface area (Å²) in [5.41, 5.74) is 0.875. The van der Waals surface area contributed by atoms with Crippen molar-refractivity contribution in [1.29, 1.82) is 0 Å². The molecule has 0 aliphatic rings. The quantitative estimate of drug-likeness (QED) is 0.209. The molecule has 11 nitrogen and oxygen atoms in total. The molecule has 2 aromatic rings. The number of nitrogens with zero attached hydrogens (tertiary/aromatic N) is 1. The monoisotopic (exact) mass is 598 g/mol. The number of carboxylic acid groups (broad SMARTS) is 1. The number of amides is 4. The van der Waals surface area contributed by atoms with Crippen molar-refractivity contribution in [1.82, 2.24) is 20.9 Å². The minimum Gasteiger partial charge on any atom is -0.481 e. The first-order chi connectivity index (χ1) is 20.3.